The Morgan fingerprint density at radius 3 is 2.62 bits per heavy atom. The van der Waals surface area contributed by atoms with Crippen molar-refractivity contribution in [3.05, 3.63) is 28.8 Å². The van der Waals surface area contributed by atoms with Crippen molar-refractivity contribution in [2.75, 3.05) is 0 Å². The monoisotopic (exact) mass is 363 g/mol. The lowest BCUT2D eigenvalue weighted by molar-refractivity contribution is -0.159. The molecule has 24 heavy (non-hydrogen) atoms. The third-order valence-corrected chi connectivity index (χ3v) is 4.83. The zero-order valence-electron chi connectivity index (χ0n) is 13.0. The van der Waals surface area contributed by atoms with Gasteiger partial charge in [-0.3, -0.25) is 4.79 Å². The van der Waals surface area contributed by atoms with Crippen LogP contribution in [-0.2, 0) is 21.8 Å². The summed E-state index contributed by atoms with van der Waals surface area (Å²) in [5.41, 5.74) is 0. The van der Waals surface area contributed by atoms with E-state index in [1.54, 1.807) is 0 Å². The van der Waals surface area contributed by atoms with Crippen LogP contribution < -0.4 is 5.32 Å². The van der Waals surface area contributed by atoms with Crippen molar-refractivity contribution < 1.29 is 26.7 Å². The number of carbonyl (C=O) groups is 1. The van der Waals surface area contributed by atoms with Crippen molar-refractivity contribution in [3.63, 3.8) is 0 Å². The maximum atomic E-state index is 12.5. The van der Waals surface area contributed by atoms with Gasteiger partial charge in [0.05, 0.1) is 21.7 Å². The Balaban J connectivity index is 2.13. The molecular weight excluding hydrogens is 347 g/mol. The van der Waals surface area contributed by atoms with Gasteiger partial charge in [0.2, 0.25) is 11.7 Å². The molecule has 2 rings (SSSR count). The van der Waals surface area contributed by atoms with E-state index in [0.29, 0.717) is 24.2 Å². The molecule has 1 N–H and O–H groups in total. The maximum Gasteiger partial charge on any atom is 0.471 e. The molecule has 2 atom stereocenters. The van der Waals surface area contributed by atoms with Gasteiger partial charge < -0.3 is 9.84 Å². The highest BCUT2D eigenvalue weighted by Crippen LogP contribution is 2.33. The molecule has 10 heteroatoms. The van der Waals surface area contributed by atoms with Crippen LogP contribution in [0.25, 0.3) is 4.91 Å². The molecule has 0 spiro atoms. The molecule has 6 nitrogen and oxygen atoms in total. The molecule has 2 heterocycles. The predicted molar refractivity (Wildman–Crippen MR) is 80.6 cm³/mol. The van der Waals surface area contributed by atoms with Gasteiger partial charge in [-0.05, 0) is 25.0 Å². The van der Waals surface area contributed by atoms with E-state index >= 15 is 0 Å². The number of amides is 1. The van der Waals surface area contributed by atoms with E-state index in [-0.39, 0.29) is 16.6 Å². The molecule has 0 aromatic carbocycles. The summed E-state index contributed by atoms with van der Waals surface area (Å²) in [5, 5.41) is 6.00. The Morgan fingerprint density at radius 1 is 1.38 bits per heavy atom. The Bertz CT molecular complexity index is 710. The summed E-state index contributed by atoms with van der Waals surface area (Å²) < 4.78 is 54.2. The van der Waals surface area contributed by atoms with Crippen LogP contribution in [0.4, 0.5) is 13.2 Å². The van der Waals surface area contributed by atoms with Gasteiger partial charge in [-0.25, -0.2) is 4.21 Å². The number of rotatable bonds is 6. The van der Waals surface area contributed by atoms with E-state index in [9.17, 15) is 22.2 Å². The van der Waals surface area contributed by atoms with Gasteiger partial charge >= 0.3 is 12.1 Å². The van der Waals surface area contributed by atoms with Gasteiger partial charge in [-0.2, -0.15) is 18.2 Å². The highest BCUT2D eigenvalue weighted by molar-refractivity contribution is 7.98. The average molecular weight is 363 g/mol. The van der Waals surface area contributed by atoms with Crippen LogP contribution in [0, 0.1) is 0 Å². The third-order valence-electron chi connectivity index (χ3n) is 3.27. The maximum absolute atomic E-state index is 12.5. The van der Waals surface area contributed by atoms with Crippen molar-refractivity contribution in [1.82, 2.24) is 15.5 Å². The Labute approximate surface area is 138 Å². The molecule has 0 bridgehead atoms. The van der Waals surface area contributed by atoms with Crippen molar-refractivity contribution in [1.29, 1.82) is 0 Å². The van der Waals surface area contributed by atoms with Gasteiger partial charge in [0.1, 0.15) is 0 Å². The fourth-order valence-electron chi connectivity index (χ4n) is 2.12. The normalized spacial score (nSPS) is 19.0. The van der Waals surface area contributed by atoms with Crippen molar-refractivity contribution >= 4 is 21.6 Å². The van der Waals surface area contributed by atoms with Crippen LogP contribution in [0.3, 0.4) is 0 Å². The molecule has 0 saturated carbocycles. The number of nitrogens with zero attached hydrogens (tertiary/aromatic N) is 2. The van der Waals surface area contributed by atoms with E-state index in [1.807, 2.05) is 13.8 Å². The molecule has 132 valence electrons. The van der Waals surface area contributed by atoms with Crippen LogP contribution >= 0.6 is 0 Å². The van der Waals surface area contributed by atoms with E-state index in [4.69, 9.17) is 0 Å². The number of hydrogen-bond donors (Lipinski definition) is 1. The molecule has 1 aromatic heterocycles. The number of aromatic nitrogens is 2. The summed E-state index contributed by atoms with van der Waals surface area (Å²) >= 11 is 0. The standard InChI is InChI=1S/C14H16F3N3O3S/c1-3-5-11(21)18-8(4-2)9-6-7-10(24(9)22)12-19-13(23-20-12)14(15,16)17/h6-8H,3-5H2,1-2H3,(H,18,21). The first-order chi connectivity index (χ1) is 11.3. The minimum atomic E-state index is -4.76. The Kier molecular flexibility index (Phi) is 5.58. The molecule has 2 unspecified atom stereocenters. The fourth-order valence-corrected chi connectivity index (χ4v) is 3.49. The van der Waals surface area contributed by atoms with Gasteiger partial charge in [0.25, 0.3) is 0 Å². The lowest BCUT2D eigenvalue weighted by atomic mass is 10.2. The van der Waals surface area contributed by atoms with E-state index < -0.39 is 28.9 Å². The smallest absolute Gasteiger partial charge is 0.349 e. The van der Waals surface area contributed by atoms with Crippen LogP contribution in [0.2, 0.25) is 0 Å². The molecule has 1 amide bonds. The van der Waals surface area contributed by atoms with E-state index in [1.165, 1.54) is 12.2 Å². The minimum Gasteiger partial charge on any atom is -0.349 e. The fraction of sp³-hybridized carbons (Fsp3) is 0.500. The van der Waals surface area contributed by atoms with Gasteiger partial charge in [0, 0.05) is 11.3 Å². The second-order valence-corrected chi connectivity index (χ2v) is 6.52. The first-order valence-electron chi connectivity index (χ1n) is 7.32. The second kappa shape index (κ2) is 7.29. The first kappa shape index (κ1) is 18.4. The van der Waals surface area contributed by atoms with Gasteiger partial charge in [-0.15, -0.1) is 0 Å². The second-order valence-electron chi connectivity index (χ2n) is 5.07. The average Bonchev–Trinajstić information content (AvgIpc) is 3.11. The summed E-state index contributed by atoms with van der Waals surface area (Å²) in [7, 11) is -1.76. The number of nitrogens with one attached hydrogen (secondary N) is 1. The van der Waals surface area contributed by atoms with Crippen LogP contribution in [0.15, 0.2) is 21.6 Å². The SMILES string of the molecule is CCCC(=O)NC(CC)C1=CC=C(c2noc(C(F)(F)F)n2)S1=O. The van der Waals surface area contributed by atoms with Crippen molar-refractivity contribution in [2.45, 2.75) is 45.3 Å². The molecule has 0 saturated heterocycles. The molecule has 1 aromatic rings. The zero-order valence-corrected chi connectivity index (χ0v) is 13.8. The highest BCUT2D eigenvalue weighted by atomic mass is 32.2. The summed E-state index contributed by atoms with van der Waals surface area (Å²) in [6.07, 6.45) is -0.357. The van der Waals surface area contributed by atoms with Crippen LogP contribution in [0.1, 0.15) is 44.8 Å². The zero-order chi connectivity index (χ0) is 17.9. The number of hydrogen-bond acceptors (Lipinski definition) is 5. The van der Waals surface area contributed by atoms with E-state index in [2.05, 4.69) is 20.0 Å². The van der Waals surface area contributed by atoms with Crippen LogP contribution in [0.5, 0.6) is 0 Å². The third kappa shape index (κ3) is 3.92. The van der Waals surface area contributed by atoms with Crippen molar-refractivity contribution in [2.24, 2.45) is 0 Å². The number of allylic oxidation sites excluding steroid dienone is 2. The van der Waals surface area contributed by atoms with Gasteiger partial charge in [0.15, 0.2) is 0 Å². The number of halogens is 3. The summed E-state index contributed by atoms with van der Waals surface area (Å²) in [6, 6.07) is -0.465. The topological polar surface area (TPSA) is 85.1 Å². The summed E-state index contributed by atoms with van der Waals surface area (Å²) in [6.45, 7) is 3.67. The highest BCUT2D eigenvalue weighted by Gasteiger charge is 2.39. The Morgan fingerprint density at radius 2 is 2.08 bits per heavy atom. The largest absolute Gasteiger partial charge is 0.471 e. The lowest BCUT2D eigenvalue weighted by Gasteiger charge is -2.18. The summed E-state index contributed by atoms with van der Waals surface area (Å²) in [4.78, 5) is 15.4. The molecular formula is C14H16F3N3O3S. The number of alkyl halides is 3. The van der Waals surface area contributed by atoms with Crippen LogP contribution in [-0.4, -0.2) is 26.3 Å². The molecule has 1 aliphatic rings. The van der Waals surface area contributed by atoms with E-state index in [0.717, 1.165) is 0 Å². The van der Waals surface area contributed by atoms with Gasteiger partial charge in [-0.1, -0.05) is 19.0 Å². The first-order valence-corrected chi connectivity index (χ1v) is 8.47. The quantitative estimate of drug-likeness (QED) is 0.840. The van der Waals surface area contributed by atoms with Crippen molar-refractivity contribution in [3.8, 4) is 0 Å². The Hall–Kier alpha value is -1.97. The summed E-state index contributed by atoms with van der Waals surface area (Å²) in [5.74, 6) is -2.04. The lowest BCUT2D eigenvalue weighted by Crippen LogP contribution is -2.36. The molecule has 1 aliphatic heterocycles. The number of carbonyl (C=O) groups excluding carboxylic acids is 1. The molecule has 0 fully saturated rings. The predicted octanol–water partition coefficient (Wildman–Crippen LogP) is 2.77. The molecule has 0 radical (unpaired) electrons. The molecule has 0 aliphatic carbocycles. The minimum absolute atomic E-state index is 0.0208.